The minimum atomic E-state index is 0.655. The molecule has 1 heterocycles. The van der Waals surface area contributed by atoms with Gasteiger partial charge in [-0.25, -0.2) is 9.97 Å². The maximum Gasteiger partial charge on any atom is 0.222 e. The van der Waals surface area contributed by atoms with Crippen LogP contribution in [0.2, 0.25) is 0 Å². The van der Waals surface area contributed by atoms with Crippen molar-refractivity contribution in [2.24, 2.45) is 5.73 Å². The summed E-state index contributed by atoms with van der Waals surface area (Å²) in [5.41, 5.74) is 10.2. The summed E-state index contributed by atoms with van der Waals surface area (Å²) >= 11 is 0. The summed E-state index contributed by atoms with van der Waals surface area (Å²) in [7, 11) is 0. The van der Waals surface area contributed by atoms with Gasteiger partial charge in [0.25, 0.3) is 0 Å². The number of aryl methyl sites for hydroxylation is 2. The van der Waals surface area contributed by atoms with E-state index in [0.29, 0.717) is 12.5 Å². The number of hydrogen-bond donors (Lipinski definition) is 2. The molecule has 2 aromatic rings. The van der Waals surface area contributed by atoms with Crippen LogP contribution in [0.1, 0.15) is 17.5 Å². The van der Waals surface area contributed by atoms with E-state index < -0.39 is 0 Å². The zero-order valence-corrected chi connectivity index (χ0v) is 11.5. The maximum absolute atomic E-state index is 5.44. The van der Waals surface area contributed by atoms with Crippen LogP contribution in [0.25, 0.3) is 11.1 Å². The molecule has 19 heavy (non-hydrogen) atoms. The number of aromatic nitrogens is 2. The highest BCUT2D eigenvalue weighted by Crippen LogP contribution is 2.23. The molecule has 1 aromatic carbocycles. The standard InChI is InChI=1S/C15H20N4/c1-11-4-5-12(2)14(8-11)13-9-18-15(19-10-13)17-7-3-6-16/h4-5,8-10H,3,6-7,16H2,1-2H3,(H,17,18,19). The molecule has 0 bridgehead atoms. The van der Waals surface area contributed by atoms with Crippen LogP contribution in [-0.2, 0) is 0 Å². The second-order valence-electron chi connectivity index (χ2n) is 4.68. The zero-order chi connectivity index (χ0) is 13.7. The van der Waals surface area contributed by atoms with E-state index in [0.717, 1.165) is 18.5 Å². The van der Waals surface area contributed by atoms with Gasteiger partial charge in [-0.15, -0.1) is 0 Å². The highest BCUT2D eigenvalue weighted by molar-refractivity contribution is 5.66. The van der Waals surface area contributed by atoms with Gasteiger partial charge in [0, 0.05) is 24.5 Å². The van der Waals surface area contributed by atoms with Crippen LogP contribution in [0.3, 0.4) is 0 Å². The van der Waals surface area contributed by atoms with Crippen molar-refractivity contribution < 1.29 is 0 Å². The van der Waals surface area contributed by atoms with E-state index in [1.807, 2.05) is 12.4 Å². The number of anilines is 1. The summed E-state index contributed by atoms with van der Waals surface area (Å²) in [6.45, 7) is 5.67. The summed E-state index contributed by atoms with van der Waals surface area (Å²) in [6, 6.07) is 6.40. The van der Waals surface area contributed by atoms with Crippen molar-refractivity contribution in [1.82, 2.24) is 9.97 Å². The average molecular weight is 256 g/mol. The molecule has 1 aromatic heterocycles. The molecule has 0 aliphatic heterocycles. The first-order valence-corrected chi connectivity index (χ1v) is 6.54. The van der Waals surface area contributed by atoms with Gasteiger partial charge < -0.3 is 11.1 Å². The van der Waals surface area contributed by atoms with Crippen LogP contribution in [0.15, 0.2) is 30.6 Å². The third-order valence-corrected chi connectivity index (χ3v) is 3.02. The molecule has 100 valence electrons. The van der Waals surface area contributed by atoms with Gasteiger partial charge in [0.05, 0.1) is 0 Å². The summed E-state index contributed by atoms with van der Waals surface area (Å²) in [5, 5.41) is 3.15. The van der Waals surface area contributed by atoms with E-state index in [4.69, 9.17) is 5.73 Å². The highest BCUT2D eigenvalue weighted by atomic mass is 15.1. The first-order chi connectivity index (χ1) is 9.20. The molecule has 0 saturated carbocycles. The summed E-state index contributed by atoms with van der Waals surface area (Å²) in [4.78, 5) is 8.67. The van der Waals surface area contributed by atoms with E-state index >= 15 is 0 Å². The lowest BCUT2D eigenvalue weighted by Crippen LogP contribution is -2.10. The lowest BCUT2D eigenvalue weighted by molar-refractivity contribution is 0.864. The summed E-state index contributed by atoms with van der Waals surface area (Å²) in [6.07, 6.45) is 4.64. The molecule has 3 N–H and O–H groups in total. The first kappa shape index (κ1) is 13.5. The third kappa shape index (κ3) is 3.51. The van der Waals surface area contributed by atoms with Crippen molar-refractivity contribution in [3.05, 3.63) is 41.7 Å². The summed E-state index contributed by atoms with van der Waals surface area (Å²) < 4.78 is 0. The van der Waals surface area contributed by atoms with Gasteiger partial charge in [0.15, 0.2) is 0 Å². The van der Waals surface area contributed by atoms with Crippen molar-refractivity contribution in [3.8, 4) is 11.1 Å². The molecule has 0 unspecified atom stereocenters. The number of nitrogens with one attached hydrogen (secondary N) is 1. The highest BCUT2D eigenvalue weighted by Gasteiger charge is 2.04. The molecule has 4 nitrogen and oxygen atoms in total. The van der Waals surface area contributed by atoms with Crippen LogP contribution >= 0.6 is 0 Å². The number of nitrogens with two attached hydrogens (primary N) is 1. The van der Waals surface area contributed by atoms with Gasteiger partial charge in [-0.1, -0.05) is 23.8 Å². The quantitative estimate of drug-likeness (QED) is 0.807. The number of rotatable bonds is 5. The molecule has 0 amide bonds. The van der Waals surface area contributed by atoms with Crippen LogP contribution in [0.5, 0.6) is 0 Å². The molecule has 0 fully saturated rings. The predicted molar refractivity (Wildman–Crippen MR) is 79.1 cm³/mol. The van der Waals surface area contributed by atoms with Gasteiger partial charge in [0.2, 0.25) is 5.95 Å². The van der Waals surface area contributed by atoms with Gasteiger partial charge >= 0.3 is 0 Å². The van der Waals surface area contributed by atoms with Crippen LogP contribution < -0.4 is 11.1 Å². The maximum atomic E-state index is 5.44. The van der Waals surface area contributed by atoms with Gasteiger partial charge in [-0.3, -0.25) is 0 Å². The molecule has 4 heteroatoms. The van der Waals surface area contributed by atoms with E-state index in [1.165, 1.54) is 16.7 Å². The fourth-order valence-electron chi connectivity index (χ4n) is 1.91. The molecule has 0 spiro atoms. The average Bonchev–Trinajstić information content (AvgIpc) is 2.43. The lowest BCUT2D eigenvalue weighted by Gasteiger charge is -2.08. The second-order valence-corrected chi connectivity index (χ2v) is 4.68. The van der Waals surface area contributed by atoms with Gasteiger partial charge in [-0.2, -0.15) is 0 Å². The Bertz CT molecular complexity index is 534. The minimum absolute atomic E-state index is 0.655. The Labute approximate surface area is 114 Å². The molecule has 0 aliphatic carbocycles. The van der Waals surface area contributed by atoms with Crippen molar-refractivity contribution in [2.75, 3.05) is 18.4 Å². The Hall–Kier alpha value is -1.94. The predicted octanol–water partition coefficient (Wildman–Crippen LogP) is 2.52. The molecule has 0 atom stereocenters. The van der Waals surface area contributed by atoms with Crippen LogP contribution in [0, 0.1) is 13.8 Å². The van der Waals surface area contributed by atoms with E-state index in [1.54, 1.807) is 0 Å². The second kappa shape index (κ2) is 6.29. The van der Waals surface area contributed by atoms with E-state index in [-0.39, 0.29) is 0 Å². The number of nitrogens with zero attached hydrogens (tertiary/aromatic N) is 2. The normalized spacial score (nSPS) is 10.5. The Morgan fingerprint density at radius 2 is 1.89 bits per heavy atom. The van der Waals surface area contributed by atoms with Crippen molar-refractivity contribution in [1.29, 1.82) is 0 Å². The summed E-state index contributed by atoms with van der Waals surface area (Å²) in [5.74, 6) is 0.655. The fraction of sp³-hybridized carbons (Fsp3) is 0.333. The largest absolute Gasteiger partial charge is 0.354 e. The zero-order valence-electron chi connectivity index (χ0n) is 11.5. The third-order valence-electron chi connectivity index (χ3n) is 3.02. The molecule has 0 saturated heterocycles. The van der Waals surface area contributed by atoms with Crippen LogP contribution in [0.4, 0.5) is 5.95 Å². The molecule has 0 aliphatic rings. The number of benzene rings is 1. The smallest absolute Gasteiger partial charge is 0.222 e. The van der Waals surface area contributed by atoms with Crippen molar-refractivity contribution in [3.63, 3.8) is 0 Å². The molecular weight excluding hydrogens is 236 g/mol. The van der Waals surface area contributed by atoms with Gasteiger partial charge in [0.1, 0.15) is 0 Å². The Morgan fingerprint density at radius 3 is 2.58 bits per heavy atom. The molecular formula is C15H20N4. The monoisotopic (exact) mass is 256 g/mol. The van der Waals surface area contributed by atoms with Gasteiger partial charge in [-0.05, 0) is 37.9 Å². The first-order valence-electron chi connectivity index (χ1n) is 6.54. The molecule has 0 radical (unpaired) electrons. The SMILES string of the molecule is Cc1ccc(C)c(-c2cnc(NCCCN)nc2)c1. The van der Waals surface area contributed by atoms with E-state index in [2.05, 4.69) is 47.3 Å². The number of hydrogen-bond acceptors (Lipinski definition) is 4. The fourth-order valence-corrected chi connectivity index (χ4v) is 1.91. The van der Waals surface area contributed by atoms with E-state index in [9.17, 15) is 0 Å². The Morgan fingerprint density at radius 1 is 1.16 bits per heavy atom. The Kier molecular flexibility index (Phi) is 4.47. The lowest BCUT2D eigenvalue weighted by atomic mass is 10.0. The molecule has 2 rings (SSSR count). The Balaban J connectivity index is 2.15. The topological polar surface area (TPSA) is 63.8 Å². The van der Waals surface area contributed by atoms with Crippen molar-refractivity contribution in [2.45, 2.75) is 20.3 Å². The van der Waals surface area contributed by atoms with Crippen molar-refractivity contribution >= 4 is 5.95 Å². The minimum Gasteiger partial charge on any atom is -0.354 e. The van der Waals surface area contributed by atoms with Crippen LogP contribution in [-0.4, -0.2) is 23.1 Å².